The van der Waals surface area contributed by atoms with Gasteiger partial charge in [0.15, 0.2) is 0 Å². The molecule has 0 atom stereocenters. The monoisotopic (exact) mass is 296 g/mol. The average Bonchev–Trinajstić information content (AvgIpc) is 2.53. The van der Waals surface area contributed by atoms with Crippen LogP contribution in [0.1, 0.15) is 38.8 Å². The molecule has 2 aromatic carbocycles. The molecular formula is C18H16O4. The summed E-state index contributed by atoms with van der Waals surface area (Å²) in [4.78, 5) is 23.1. The third-order valence-electron chi connectivity index (χ3n) is 3.09. The minimum Gasteiger partial charge on any atom is -0.478 e. The lowest BCUT2D eigenvalue weighted by atomic mass is 10.0. The zero-order valence-corrected chi connectivity index (χ0v) is 12.2. The van der Waals surface area contributed by atoms with Gasteiger partial charge in [-0.3, -0.25) is 0 Å². The van der Waals surface area contributed by atoms with Gasteiger partial charge in [0.2, 0.25) is 0 Å². The molecule has 1 N–H and O–H groups in total. The SMILES string of the molecule is CCOC(=O)c1ccccc1C=Cc1ccccc1C(=O)O. The summed E-state index contributed by atoms with van der Waals surface area (Å²) < 4.78 is 5.02. The van der Waals surface area contributed by atoms with E-state index in [0.29, 0.717) is 23.3 Å². The number of carboxylic acids is 1. The number of ether oxygens (including phenoxy) is 1. The summed E-state index contributed by atoms with van der Waals surface area (Å²) in [6, 6.07) is 13.7. The molecule has 0 unspecified atom stereocenters. The Bertz CT molecular complexity index is 717. The molecule has 0 fully saturated rings. The first-order valence-electron chi connectivity index (χ1n) is 6.90. The van der Waals surface area contributed by atoms with Gasteiger partial charge in [-0.1, -0.05) is 48.6 Å². The minimum absolute atomic E-state index is 0.215. The molecule has 0 aliphatic rings. The van der Waals surface area contributed by atoms with Crippen LogP contribution in [0, 0.1) is 0 Å². The standard InChI is InChI=1S/C18H16O4/c1-2-22-18(21)16-10-6-4-8-14(16)12-11-13-7-3-5-9-15(13)17(19)20/h3-12H,2H2,1H3,(H,19,20). The van der Waals surface area contributed by atoms with Gasteiger partial charge in [0.1, 0.15) is 0 Å². The van der Waals surface area contributed by atoms with Crippen LogP contribution >= 0.6 is 0 Å². The fourth-order valence-corrected chi connectivity index (χ4v) is 2.05. The van der Waals surface area contributed by atoms with Crippen LogP contribution in [0.3, 0.4) is 0 Å². The molecule has 0 bridgehead atoms. The van der Waals surface area contributed by atoms with Crippen LogP contribution in [0.5, 0.6) is 0 Å². The van der Waals surface area contributed by atoms with E-state index in [1.54, 1.807) is 61.5 Å². The summed E-state index contributed by atoms with van der Waals surface area (Å²) >= 11 is 0. The van der Waals surface area contributed by atoms with E-state index in [-0.39, 0.29) is 5.56 Å². The first kappa shape index (κ1) is 15.5. The maximum atomic E-state index is 11.9. The van der Waals surface area contributed by atoms with Crippen LogP contribution < -0.4 is 0 Å². The van der Waals surface area contributed by atoms with E-state index in [1.165, 1.54) is 0 Å². The Morgan fingerprint density at radius 1 is 0.955 bits per heavy atom. The molecule has 0 saturated carbocycles. The zero-order chi connectivity index (χ0) is 15.9. The predicted molar refractivity (Wildman–Crippen MR) is 84.7 cm³/mol. The third-order valence-corrected chi connectivity index (χ3v) is 3.09. The first-order chi connectivity index (χ1) is 10.6. The van der Waals surface area contributed by atoms with Crippen molar-refractivity contribution in [3.8, 4) is 0 Å². The van der Waals surface area contributed by atoms with Crippen molar-refractivity contribution in [3.63, 3.8) is 0 Å². The summed E-state index contributed by atoms with van der Waals surface area (Å²) in [6.07, 6.45) is 3.40. The van der Waals surface area contributed by atoms with Crippen LogP contribution in [0.4, 0.5) is 0 Å². The van der Waals surface area contributed by atoms with E-state index in [0.717, 1.165) is 0 Å². The Balaban J connectivity index is 2.36. The molecule has 0 aromatic heterocycles. The van der Waals surface area contributed by atoms with Gasteiger partial charge >= 0.3 is 11.9 Å². The molecule has 22 heavy (non-hydrogen) atoms. The highest BCUT2D eigenvalue weighted by atomic mass is 16.5. The molecule has 4 nitrogen and oxygen atoms in total. The highest BCUT2D eigenvalue weighted by Gasteiger charge is 2.10. The van der Waals surface area contributed by atoms with E-state index >= 15 is 0 Å². The number of esters is 1. The topological polar surface area (TPSA) is 63.6 Å². The molecule has 0 heterocycles. The van der Waals surface area contributed by atoms with Crippen molar-refractivity contribution in [3.05, 3.63) is 70.8 Å². The molecule has 0 spiro atoms. The van der Waals surface area contributed by atoms with Crippen molar-refractivity contribution < 1.29 is 19.4 Å². The second-order valence-electron chi connectivity index (χ2n) is 4.53. The third kappa shape index (κ3) is 3.61. The highest BCUT2D eigenvalue weighted by molar-refractivity contribution is 5.97. The molecule has 0 aliphatic carbocycles. The Morgan fingerprint density at radius 3 is 2.00 bits per heavy atom. The second kappa shape index (κ2) is 7.22. The lowest BCUT2D eigenvalue weighted by Gasteiger charge is -2.05. The molecule has 0 saturated heterocycles. The Labute approximate surface area is 128 Å². The van der Waals surface area contributed by atoms with E-state index < -0.39 is 11.9 Å². The Morgan fingerprint density at radius 2 is 1.45 bits per heavy atom. The number of hydrogen-bond donors (Lipinski definition) is 1. The molecule has 4 heteroatoms. The largest absolute Gasteiger partial charge is 0.478 e. The predicted octanol–water partition coefficient (Wildman–Crippen LogP) is 3.73. The van der Waals surface area contributed by atoms with Gasteiger partial charge in [0.05, 0.1) is 17.7 Å². The van der Waals surface area contributed by atoms with Gasteiger partial charge in [-0.2, -0.15) is 0 Å². The number of hydrogen-bond acceptors (Lipinski definition) is 3. The quantitative estimate of drug-likeness (QED) is 0.674. The Kier molecular flexibility index (Phi) is 5.09. The maximum Gasteiger partial charge on any atom is 0.338 e. The summed E-state index contributed by atoms with van der Waals surface area (Å²) in [5.41, 5.74) is 1.93. The number of rotatable bonds is 5. The summed E-state index contributed by atoms with van der Waals surface area (Å²) in [5, 5.41) is 9.17. The van der Waals surface area contributed by atoms with Gasteiger partial charge in [0.25, 0.3) is 0 Å². The van der Waals surface area contributed by atoms with Crippen molar-refractivity contribution >= 4 is 24.1 Å². The van der Waals surface area contributed by atoms with Gasteiger partial charge < -0.3 is 9.84 Å². The van der Waals surface area contributed by atoms with Crippen molar-refractivity contribution in [1.29, 1.82) is 0 Å². The summed E-state index contributed by atoms with van der Waals surface area (Å²) in [6.45, 7) is 2.05. The zero-order valence-electron chi connectivity index (χ0n) is 12.2. The molecule has 0 aliphatic heterocycles. The van der Waals surface area contributed by atoms with Crippen LogP contribution in [-0.2, 0) is 4.74 Å². The molecule has 2 aromatic rings. The van der Waals surface area contributed by atoms with Crippen LogP contribution in [0.25, 0.3) is 12.2 Å². The van der Waals surface area contributed by atoms with Gasteiger partial charge in [-0.25, -0.2) is 9.59 Å². The molecule has 0 radical (unpaired) electrons. The van der Waals surface area contributed by atoms with Crippen LogP contribution in [0.2, 0.25) is 0 Å². The fraction of sp³-hybridized carbons (Fsp3) is 0.111. The molecule has 112 valence electrons. The maximum absolute atomic E-state index is 11.9. The van der Waals surface area contributed by atoms with E-state index in [1.807, 2.05) is 6.07 Å². The minimum atomic E-state index is -0.987. The number of benzene rings is 2. The van der Waals surface area contributed by atoms with Crippen molar-refractivity contribution in [2.45, 2.75) is 6.92 Å². The summed E-state index contributed by atoms with van der Waals surface area (Å²) in [5.74, 6) is -1.38. The smallest absolute Gasteiger partial charge is 0.338 e. The summed E-state index contributed by atoms with van der Waals surface area (Å²) in [7, 11) is 0. The number of carbonyl (C=O) groups excluding carboxylic acids is 1. The van der Waals surface area contributed by atoms with Crippen LogP contribution in [0.15, 0.2) is 48.5 Å². The molecule has 0 amide bonds. The molecular weight excluding hydrogens is 280 g/mol. The van der Waals surface area contributed by atoms with Crippen LogP contribution in [-0.4, -0.2) is 23.7 Å². The van der Waals surface area contributed by atoms with Crippen molar-refractivity contribution in [1.82, 2.24) is 0 Å². The van der Waals surface area contributed by atoms with E-state index in [9.17, 15) is 9.59 Å². The lowest BCUT2D eigenvalue weighted by Crippen LogP contribution is -2.06. The number of aromatic carboxylic acids is 1. The van der Waals surface area contributed by atoms with E-state index in [4.69, 9.17) is 9.84 Å². The Hall–Kier alpha value is -2.88. The fourth-order valence-electron chi connectivity index (χ4n) is 2.05. The van der Waals surface area contributed by atoms with Gasteiger partial charge in [0, 0.05) is 0 Å². The van der Waals surface area contributed by atoms with E-state index in [2.05, 4.69) is 0 Å². The normalized spacial score (nSPS) is 10.6. The second-order valence-corrected chi connectivity index (χ2v) is 4.53. The number of carbonyl (C=O) groups is 2. The average molecular weight is 296 g/mol. The first-order valence-corrected chi connectivity index (χ1v) is 6.90. The van der Waals surface area contributed by atoms with Gasteiger partial charge in [-0.15, -0.1) is 0 Å². The van der Waals surface area contributed by atoms with Crippen molar-refractivity contribution in [2.24, 2.45) is 0 Å². The highest BCUT2D eigenvalue weighted by Crippen LogP contribution is 2.17. The lowest BCUT2D eigenvalue weighted by molar-refractivity contribution is 0.0525. The van der Waals surface area contributed by atoms with Gasteiger partial charge in [-0.05, 0) is 30.2 Å². The number of carboxylic acid groups (broad SMARTS) is 1. The molecule has 2 rings (SSSR count). The van der Waals surface area contributed by atoms with Crippen molar-refractivity contribution in [2.75, 3.05) is 6.61 Å².